The molecule has 0 spiro atoms. The minimum atomic E-state index is 0. The Balaban J connectivity index is 0.00000320. The van der Waals surface area contributed by atoms with Crippen LogP contribution in [0.4, 0.5) is 0 Å². The SMILES string of the molecule is CCc1ccccc1CNC(=NC)NCc1ccc(CN2CCN(C)CC2)cc1.I. The lowest BCUT2D eigenvalue weighted by Gasteiger charge is -2.32. The molecule has 1 heterocycles. The maximum atomic E-state index is 4.36. The van der Waals surface area contributed by atoms with E-state index in [1.807, 2.05) is 7.05 Å². The molecule has 2 N–H and O–H groups in total. The van der Waals surface area contributed by atoms with E-state index in [2.05, 4.69) is 87.9 Å². The Labute approximate surface area is 199 Å². The standard InChI is InChI=1S/C24H35N5.HI/c1-4-22-7-5-6-8-23(22)18-27-24(25-2)26-17-20-9-11-21(12-10-20)19-29-15-13-28(3)14-16-29;/h5-12H,4,13-19H2,1-3H3,(H2,25,26,27);1H. The molecule has 3 rings (SSSR count). The number of piperazine rings is 1. The Morgan fingerprint density at radius 3 is 2.10 bits per heavy atom. The average molecular weight is 521 g/mol. The van der Waals surface area contributed by atoms with Gasteiger partial charge in [0.05, 0.1) is 0 Å². The Kier molecular flexibility index (Phi) is 10.6. The van der Waals surface area contributed by atoms with Crippen LogP contribution in [-0.2, 0) is 26.1 Å². The first-order valence-electron chi connectivity index (χ1n) is 10.7. The van der Waals surface area contributed by atoms with Crippen molar-refractivity contribution < 1.29 is 0 Å². The van der Waals surface area contributed by atoms with Gasteiger partial charge in [0.1, 0.15) is 0 Å². The number of likely N-dealkylation sites (N-methyl/N-ethyl adjacent to an activating group) is 1. The molecule has 6 heteroatoms. The van der Waals surface area contributed by atoms with Crippen molar-refractivity contribution in [1.82, 2.24) is 20.4 Å². The van der Waals surface area contributed by atoms with E-state index in [4.69, 9.17) is 0 Å². The summed E-state index contributed by atoms with van der Waals surface area (Å²) < 4.78 is 0. The van der Waals surface area contributed by atoms with Crippen molar-refractivity contribution in [1.29, 1.82) is 0 Å². The molecule has 0 unspecified atom stereocenters. The lowest BCUT2D eigenvalue weighted by Crippen LogP contribution is -2.43. The van der Waals surface area contributed by atoms with E-state index in [0.717, 1.165) is 58.2 Å². The number of hydrogen-bond donors (Lipinski definition) is 2. The average Bonchev–Trinajstić information content (AvgIpc) is 2.76. The molecule has 1 saturated heterocycles. The lowest BCUT2D eigenvalue weighted by atomic mass is 10.1. The van der Waals surface area contributed by atoms with Gasteiger partial charge in [-0.1, -0.05) is 55.5 Å². The second kappa shape index (κ2) is 12.9. The zero-order valence-electron chi connectivity index (χ0n) is 18.5. The predicted molar refractivity (Wildman–Crippen MR) is 137 cm³/mol. The molecule has 1 fully saturated rings. The van der Waals surface area contributed by atoms with Crippen molar-refractivity contribution >= 4 is 29.9 Å². The van der Waals surface area contributed by atoms with E-state index in [1.165, 1.54) is 22.3 Å². The minimum absolute atomic E-state index is 0. The van der Waals surface area contributed by atoms with Crippen LogP contribution in [0.2, 0.25) is 0 Å². The highest BCUT2D eigenvalue weighted by Crippen LogP contribution is 2.10. The quantitative estimate of drug-likeness (QED) is 0.333. The first-order chi connectivity index (χ1) is 14.2. The van der Waals surface area contributed by atoms with Crippen LogP contribution in [0.1, 0.15) is 29.2 Å². The number of aliphatic imine (C=N–C) groups is 1. The van der Waals surface area contributed by atoms with E-state index >= 15 is 0 Å². The third-order valence-electron chi connectivity index (χ3n) is 5.65. The van der Waals surface area contributed by atoms with Crippen LogP contribution in [0.25, 0.3) is 0 Å². The smallest absolute Gasteiger partial charge is 0.191 e. The van der Waals surface area contributed by atoms with E-state index < -0.39 is 0 Å². The van der Waals surface area contributed by atoms with Gasteiger partial charge in [-0.25, -0.2) is 0 Å². The number of halogens is 1. The molecule has 0 aliphatic carbocycles. The van der Waals surface area contributed by atoms with Crippen LogP contribution < -0.4 is 10.6 Å². The zero-order chi connectivity index (χ0) is 20.5. The minimum Gasteiger partial charge on any atom is -0.352 e. The molecule has 0 bridgehead atoms. The Hall–Kier alpha value is -1.64. The van der Waals surface area contributed by atoms with Gasteiger partial charge in [0, 0.05) is 52.9 Å². The summed E-state index contributed by atoms with van der Waals surface area (Å²) in [5.41, 5.74) is 5.36. The number of rotatable bonds is 7. The fourth-order valence-corrected chi connectivity index (χ4v) is 3.69. The van der Waals surface area contributed by atoms with Crippen molar-refractivity contribution in [3.05, 3.63) is 70.8 Å². The first-order valence-corrected chi connectivity index (χ1v) is 10.7. The fraction of sp³-hybridized carbons (Fsp3) is 0.458. The van der Waals surface area contributed by atoms with E-state index in [0.29, 0.717) is 0 Å². The van der Waals surface area contributed by atoms with Gasteiger partial charge in [-0.15, -0.1) is 24.0 Å². The summed E-state index contributed by atoms with van der Waals surface area (Å²) in [4.78, 5) is 9.29. The lowest BCUT2D eigenvalue weighted by molar-refractivity contribution is 0.148. The van der Waals surface area contributed by atoms with Gasteiger partial charge in [0.15, 0.2) is 5.96 Å². The van der Waals surface area contributed by atoms with Crippen molar-refractivity contribution in [3.63, 3.8) is 0 Å². The Morgan fingerprint density at radius 1 is 0.867 bits per heavy atom. The number of nitrogens with zero attached hydrogens (tertiary/aromatic N) is 3. The zero-order valence-corrected chi connectivity index (χ0v) is 20.9. The topological polar surface area (TPSA) is 42.9 Å². The van der Waals surface area contributed by atoms with Gasteiger partial charge in [0.25, 0.3) is 0 Å². The molecule has 0 amide bonds. The summed E-state index contributed by atoms with van der Waals surface area (Å²) in [6.45, 7) is 9.43. The maximum Gasteiger partial charge on any atom is 0.191 e. The molecule has 2 aromatic rings. The summed E-state index contributed by atoms with van der Waals surface area (Å²) in [5.74, 6) is 0.831. The maximum absolute atomic E-state index is 4.36. The normalized spacial score (nSPS) is 15.5. The summed E-state index contributed by atoms with van der Waals surface area (Å²) >= 11 is 0. The summed E-state index contributed by atoms with van der Waals surface area (Å²) in [5, 5.41) is 6.85. The predicted octanol–water partition coefficient (Wildman–Crippen LogP) is 3.48. The van der Waals surface area contributed by atoms with Gasteiger partial charge in [0.2, 0.25) is 0 Å². The van der Waals surface area contributed by atoms with Crippen molar-refractivity contribution in [2.24, 2.45) is 4.99 Å². The highest BCUT2D eigenvalue weighted by Gasteiger charge is 2.13. The number of hydrogen-bond acceptors (Lipinski definition) is 3. The molecule has 1 aliphatic rings. The summed E-state index contributed by atoms with van der Waals surface area (Å²) in [6.07, 6.45) is 1.05. The van der Waals surface area contributed by atoms with Crippen LogP contribution >= 0.6 is 24.0 Å². The third-order valence-corrected chi connectivity index (χ3v) is 5.65. The molecule has 164 valence electrons. The molecule has 1 aliphatic heterocycles. The summed E-state index contributed by atoms with van der Waals surface area (Å²) in [7, 11) is 4.02. The van der Waals surface area contributed by atoms with Gasteiger partial charge in [-0.3, -0.25) is 9.89 Å². The van der Waals surface area contributed by atoms with Gasteiger partial charge in [-0.05, 0) is 35.7 Å². The van der Waals surface area contributed by atoms with Gasteiger partial charge in [-0.2, -0.15) is 0 Å². The van der Waals surface area contributed by atoms with Crippen LogP contribution in [0.15, 0.2) is 53.5 Å². The molecule has 30 heavy (non-hydrogen) atoms. The monoisotopic (exact) mass is 521 g/mol. The second-order valence-electron chi connectivity index (χ2n) is 7.80. The highest BCUT2D eigenvalue weighted by atomic mass is 127. The molecule has 2 aromatic carbocycles. The Bertz CT molecular complexity index is 782. The number of nitrogens with one attached hydrogen (secondary N) is 2. The van der Waals surface area contributed by atoms with Gasteiger partial charge < -0.3 is 15.5 Å². The molecule has 0 radical (unpaired) electrons. The van der Waals surface area contributed by atoms with Crippen molar-refractivity contribution in [2.45, 2.75) is 33.0 Å². The third kappa shape index (κ3) is 7.56. The van der Waals surface area contributed by atoms with Crippen LogP contribution in [0.3, 0.4) is 0 Å². The summed E-state index contributed by atoms with van der Waals surface area (Å²) in [6, 6.07) is 17.5. The number of benzene rings is 2. The van der Waals surface area contributed by atoms with Crippen LogP contribution in [0, 0.1) is 0 Å². The largest absolute Gasteiger partial charge is 0.352 e. The molecule has 0 atom stereocenters. The van der Waals surface area contributed by atoms with Crippen LogP contribution in [0.5, 0.6) is 0 Å². The molecular formula is C24H36IN5. The second-order valence-corrected chi connectivity index (χ2v) is 7.80. The first kappa shape index (κ1) is 24.6. The van der Waals surface area contributed by atoms with E-state index in [-0.39, 0.29) is 24.0 Å². The molecule has 0 saturated carbocycles. The van der Waals surface area contributed by atoms with E-state index in [1.54, 1.807) is 0 Å². The van der Waals surface area contributed by atoms with Crippen molar-refractivity contribution in [3.8, 4) is 0 Å². The Morgan fingerprint density at radius 2 is 1.47 bits per heavy atom. The number of aryl methyl sites for hydroxylation is 1. The highest BCUT2D eigenvalue weighted by molar-refractivity contribution is 14.0. The fourth-order valence-electron chi connectivity index (χ4n) is 3.69. The number of guanidine groups is 1. The van der Waals surface area contributed by atoms with Crippen LogP contribution in [-0.4, -0.2) is 56.0 Å². The van der Waals surface area contributed by atoms with E-state index in [9.17, 15) is 0 Å². The van der Waals surface area contributed by atoms with Gasteiger partial charge >= 0.3 is 0 Å². The molecule has 5 nitrogen and oxygen atoms in total. The molecule has 0 aromatic heterocycles. The van der Waals surface area contributed by atoms with Crippen molar-refractivity contribution in [2.75, 3.05) is 40.3 Å². The molecular weight excluding hydrogens is 485 g/mol.